The van der Waals surface area contributed by atoms with Gasteiger partial charge in [-0.05, 0) is 6.07 Å². The molecule has 0 unspecified atom stereocenters. The molecule has 0 saturated heterocycles. The molecule has 0 aliphatic heterocycles. The molecule has 0 saturated carbocycles. The lowest BCUT2D eigenvalue weighted by molar-refractivity contribution is -0.139. The van der Waals surface area contributed by atoms with Crippen LogP contribution in [0.5, 0.6) is 5.88 Å². The third-order valence-electron chi connectivity index (χ3n) is 2.08. The summed E-state index contributed by atoms with van der Waals surface area (Å²) in [6.45, 7) is 0. The van der Waals surface area contributed by atoms with E-state index in [9.17, 15) is 13.6 Å². The van der Waals surface area contributed by atoms with Crippen molar-refractivity contribution in [2.24, 2.45) is 0 Å². The molecular formula is C10H12F2N2O3. The highest BCUT2D eigenvalue weighted by molar-refractivity contribution is 5.73. The Hall–Kier alpha value is -1.92. The quantitative estimate of drug-likeness (QED) is 0.811. The van der Waals surface area contributed by atoms with Gasteiger partial charge in [-0.3, -0.25) is 4.79 Å². The zero-order chi connectivity index (χ0) is 13.0. The predicted molar refractivity (Wildman–Crippen MR) is 55.9 cm³/mol. The van der Waals surface area contributed by atoms with Gasteiger partial charge in [-0.1, -0.05) is 0 Å². The van der Waals surface area contributed by atoms with E-state index < -0.39 is 18.1 Å². The fraction of sp³-hybridized carbons (Fsp3) is 0.400. The summed E-state index contributed by atoms with van der Waals surface area (Å²) >= 11 is 0. The molecule has 17 heavy (non-hydrogen) atoms. The summed E-state index contributed by atoms with van der Waals surface area (Å²) in [5.41, 5.74) is 4.98. The van der Waals surface area contributed by atoms with E-state index in [-0.39, 0.29) is 18.0 Å². The van der Waals surface area contributed by atoms with Gasteiger partial charge in [0.15, 0.2) is 0 Å². The molecule has 0 fully saturated rings. The van der Waals surface area contributed by atoms with E-state index in [1.54, 1.807) is 0 Å². The van der Waals surface area contributed by atoms with Crippen LogP contribution < -0.4 is 10.5 Å². The highest BCUT2D eigenvalue weighted by Gasteiger charge is 2.19. The molecule has 1 rings (SSSR count). The van der Waals surface area contributed by atoms with Gasteiger partial charge in [-0.25, -0.2) is 13.8 Å². The zero-order valence-electron chi connectivity index (χ0n) is 9.37. The van der Waals surface area contributed by atoms with Crippen molar-refractivity contribution >= 4 is 11.7 Å². The molecule has 5 nitrogen and oxygen atoms in total. The SMILES string of the molecule is COC(=O)Cc1cc(N)c(C(F)F)nc1OC. The topological polar surface area (TPSA) is 74.4 Å². The third kappa shape index (κ3) is 3.02. The first kappa shape index (κ1) is 13.1. The van der Waals surface area contributed by atoms with Gasteiger partial charge in [0, 0.05) is 5.56 Å². The van der Waals surface area contributed by atoms with Gasteiger partial charge < -0.3 is 15.2 Å². The molecule has 94 valence electrons. The smallest absolute Gasteiger partial charge is 0.310 e. The number of nitrogens with zero attached hydrogens (tertiary/aromatic N) is 1. The molecule has 0 spiro atoms. The molecule has 1 heterocycles. The van der Waals surface area contributed by atoms with Crippen molar-refractivity contribution in [3.05, 3.63) is 17.3 Å². The number of carbonyl (C=O) groups is 1. The van der Waals surface area contributed by atoms with Crippen molar-refractivity contribution in [3.8, 4) is 5.88 Å². The Morgan fingerprint density at radius 1 is 1.53 bits per heavy atom. The van der Waals surface area contributed by atoms with E-state index in [2.05, 4.69) is 9.72 Å². The highest BCUT2D eigenvalue weighted by Crippen LogP contribution is 2.28. The van der Waals surface area contributed by atoms with Crippen molar-refractivity contribution in [2.45, 2.75) is 12.8 Å². The minimum absolute atomic E-state index is 0.0556. The molecule has 1 aromatic rings. The summed E-state index contributed by atoms with van der Waals surface area (Å²) in [6, 6.07) is 1.24. The number of hydrogen-bond donors (Lipinski definition) is 1. The van der Waals surface area contributed by atoms with Gasteiger partial charge in [0.05, 0.1) is 26.3 Å². The number of esters is 1. The second-order valence-corrected chi connectivity index (χ2v) is 3.18. The van der Waals surface area contributed by atoms with Crippen LogP contribution in [0.4, 0.5) is 14.5 Å². The van der Waals surface area contributed by atoms with Crippen LogP contribution in [0.3, 0.4) is 0 Å². The van der Waals surface area contributed by atoms with Crippen LogP contribution >= 0.6 is 0 Å². The number of halogens is 2. The molecule has 0 aliphatic rings. The molecule has 7 heteroatoms. The normalized spacial score (nSPS) is 10.4. The number of carbonyl (C=O) groups excluding carboxylic acids is 1. The van der Waals surface area contributed by atoms with Crippen LogP contribution in [-0.4, -0.2) is 25.2 Å². The number of anilines is 1. The average Bonchev–Trinajstić information content (AvgIpc) is 2.28. The van der Waals surface area contributed by atoms with Gasteiger partial charge in [0.1, 0.15) is 5.69 Å². The van der Waals surface area contributed by atoms with Crippen LogP contribution in [0.15, 0.2) is 6.07 Å². The van der Waals surface area contributed by atoms with Crippen molar-refractivity contribution in [1.82, 2.24) is 4.98 Å². The van der Waals surface area contributed by atoms with Gasteiger partial charge in [0.25, 0.3) is 6.43 Å². The van der Waals surface area contributed by atoms with E-state index in [0.29, 0.717) is 5.56 Å². The lowest BCUT2D eigenvalue weighted by atomic mass is 10.1. The molecule has 1 aromatic heterocycles. The number of ether oxygens (including phenoxy) is 2. The van der Waals surface area contributed by atoms with E-state index >= 15 is 0 Å². The maximum atomic E-state index is 12.5. The minimum atomic E-state index is -2.80. The molecule has 0 amide bonds. The van der Waals surface area contributed by atoms with Crippen molar-refractivity contribution in [1.29, 1.82) is 0 Å². The molecule has 0 radical (unpaired) electrons. The summed E-state index contributed by atoms with van der Waals surface area (Å²) in [6.07, 6.45) is -2.93. The predicted octanol–water partition coefficient (Wildman–Crippen LogP) is 1.33. The Balaban J connectivity index is 3.14. The number of nitrogen functional groups attached to an aromatic ring is 1. The molecule has 0 bridgehead atoms. The summed E-state index contributed by atoms with van der Waals surface area (Å²) in [4.78, 5) is 14.7. The fourth-order valence-corrected chi connectivity index (χ4v) is 1.27. The van der Waals surface area contributed by atoms with Crippen molar-refractivity contribution in [2.75, 3.05) is 20.0 Å². The highest BCUT2D eigenvalue weighted by atomic mass is 19.3. The van der Waals surface area contributed by atoms with Crippen LogP contribution in [0.25, 0.3) is 0 Å². The van der Waals surface area contributed by atoms with Crippen LogP contribution in [0, 0.1) is 0 Å². The number of hydrogen-bond acceptors (Lipinski definition) is 5. The molecule has 0 aromatic carbocycles. The number of nitrogens with two attached hydrogens (primary N) is 1. The van der Waals surface area contributed by atoms with Gasteiger partial charge >= 0.3 is 5.97 Å². The summed E-state index contributed by atoms with van der Waals surface area (Å²) in [5, 5.41) is 0. The minimum Gasteiger partial charge on any atom is -0.481 e. The Kier molecular flexibility index (Phi) is 4.19. The Morgan fingerprint density at radius 3 is 2.65 bits per heavy atom. The number of methoxy groups -OCH3 is 2. The van der Waals surface area contributed by atoms with Crippen LogP contribution in [0.1, 0.15) is 17.7 Å². The summed E-state index contributed by atoms with van der Waals surface area (Å²) in [5.74, 6) is -0.589. The standard InChI is InChI=1S/C10H12F2N2O3/c1-16-7(15)4-5-3-6(13)8(9(11)12)14-10(5)17-2/h3,9H,4,13H2,1-2H3. The fourth-order valence-electron chi connectivity index (χ4n) is 1.27. The molecular weight excluding hydrogens is 234 g/mol. The lowest BCUT2D eigenvalue weighted by Gasteiger charge is -2.11. The van der Waals surface area contributed by atoms with Crippen molar-refractivity contribution < 1.29 is 23.0 Å². The van der Waals surface area contributed by atoms with E-state index in [4.69, 9.17) is 10.5 Å². The monoisotopic (exact) mass is 246 g/mol. The second-order valence-electron chi connectivity index (χ2n) is 3.18. The van der Waals surface area contributed by atoms with Crippen LogP contribution in [0.2, 0.25) is 0 Å². The Morgan fingerprint density at radius 2 is 2.18 bits per heavy atom. The maximum absolute atomic E-state index is 12.5. The second kappa shape index (κ2) is 5.42. The number of rotatable bonds is 4. The zero-order valence-corrected chi connectivity index (χ0v) is 9.37. The van der Waals surface area contributed by atoms with E-state index in [1.807, 2.05) is 0 Å². The lowest BCUT2D eigenvalue weighted by Crippen LogP contribution is -2.09. The average molecular weight is 246 g/mol. The van der Waals surface area contributed by atoms with E-state index in [0.717, 1.165) is 0 Å². The molecule has 0 atom stereocenters. The molecule has 0 aliphatic carbocycles. The van der Waals surface area contributed by atoms with Gasteiger partial charge in [0.2, 0.25) is 5.88 Å². The number of alkyl halides is 2. The first-order valence-corrected chi connectivity index (χ1v) is 4.67. The number of pyridine rings is 1. The largest absolute Gasteiger partial charge is 0.481 e. The Labute approximate surface area is 96.5 Å². The van der Waals surface area contributed by atoms with Gasteiger partial charge in [-0.2, -0.15) is 0 Å². The number of aromatic nitrogens is 1. The Bertz CT molecular complexity index is 424. The molecule has 2 N–H and O–H groups in total. The van der Waals surface area contributed by atoms with Crippen LogP contribution in [-0.2, 0) is 16.0 Å². The summed E-state index contributed by atoms with van der Waals surface area (Å²) < 4.78 is 34.3. The summed E-state index contributed by atoms with van der Waals surface area (Å²) in [7, 11) is 2.49. The first-order valence-electron chi connectivity index (χ1n) is 4.67. The third-order valence-corrected chi connectivity index (χ3v) is 2.08. The van der Waals surface area contributed by atoms with Gasteiger partial charge in [-0.15, -0.1) is 0 Å². The van der Waals surface area contributed by atoms with E-state index in [1.165, 1.54) is 20.3 Å². The first-order chi connectivity index (χ1) is 7.99. The maximum Gasteiger partial charge on any atom is 0.310 e. The van der Waals surface area contributed by atoms with Crippen molar-refractivity contribution in [3.63, 3.8) is 0 Å².